The predicted molar refractivity (Wildman–Crippen MR) is 64.5 cm³/mol. The van der Waals surface area contributed by atoms with Gasteiger partial charge < -0.3 is 9.47 Å². The highest BCUT2D eigenvalue weighted by molar-refractivity contribution is 5.71. The minimum Gasteiger partial charge on any atom is -0.492 e. The molecule has 0 fully saturated rings. The van der Waals surface area contributed by atoms with Crippen LogP contribution in [0, 0.1) is 23.0 Å². The molecule has 0 saturated carbocycles. The number of nitro benzene ring substituents is 1. The van der Waals surface area contributed by atoms with E-state index in [0.717, 1.165) is 5.56 Å². The van der Waals surface area contributed by atoms with Crippen LogP contribution in [0.4, 0.5) is 5.69 Å². The molecule has 6 heteroatoms. The number of ether oxygens (including phenoxy) is 2. The summed E-state index contributed by atoms with van der Waals surface area (Å²) in [6.45, 7) is 3.56. The lowest BCUT2D eigenvalue weighted by Crippen LogP contribution is -2.20. The van der Waals surface area contributed by atoms with Crippen LogP contribution in [0.25, 0.3) is 0 Å². The van der Waals surface area contributed by atoms with Crippen LogP contribution in [0.5, 0.6) is 5.75 Å². The molecule has 1 rings (SSSR count). The number of benzene rings is 1. The molecule has 1 unspecified atom stereocenters. The standard InChI is InChI=1S/C12H15NO5/c1-8-4-5-10(13(15)16)6-11(8)18-7-9(2)12(14)17-3/h4-6,9H,7H2,1-3H3. The summed E-state index contributed by atoms with van der Waals surface area (Å²) < 4.78 is 9.97. The summed E-state index contributed by atoms with van der Waals surface area (Å²) in [5, 5.41) is 10.6. The van der Waals surface area contributed by atoms with E-state index < -0.39 is 10.8 Å². The number of carbonyl (C=O) groups is 1. The first-order chi connectivity index (χ1) is 8.45. The van der Waals surface area contributed by atoms with Gasteiger partial charge in [0.1, 0.15) is 12.4 Å². The van der Waals surface area contributed by atoms with E-state index in [2.05, 4.69) is 4.74 Å². The van der Waals surface area contributed by atoms with E-state index in [1.165, 1.54) is 19.2 Å². The molecule has 0 N–H and O–H groups in total. The topological polar surface area (TPSA) is 78.7 Å². The number of aryl methyl sites for hydroxylation is 1. The lowest BCUT2D eigenvalue weighted by atomic mass is 10.2. The van der Waals surface area contributed by atoms with Gasteiger partial charge in [-0.05, 0) is 25.5 Å². The normalized spacial score (nSPS) is 11.7. The Bertz CT molecular complexity index is 458. The zero-order chi connectivity index (χ0) is 13.7. The molecule has 0 radical (unpaired) electrons. The summed E-state index contributed by atoms with van der Waals surface area (Å²) in [5.41, 5.74) is 0.735. The Hall–Kier alpha value is -2.11. The first kappa shape index (κ1) is 14.0. The molecule has 0 bridgehead atoms. The molecule has 0 aromatic heterocycles. The SMILES string of the molecule is COC(=O)C(C)COc1cc([N+](=O)[O-])ccc1C. The van der Waals surface area contributed by atoms with Crippen molar-refractivity contribution in [1.82, 2.24) is 0 Å². The Labute approximate surface area is 105 Å². The van der Waals surface area contributed by atoms with Crippen molar-refractivity contribution in [2.75, 3.05) is 13.7 Å². The van der Waals surface area contributed by atoms with Gasteiger partial charge in [-0.15, -0.1) is 0 Å². The molecule has 0 saturated heterocycles. The third-order valence-electron chi connectivity index (χ3n) is 2.47. The minimum atomic E-state index is -0.490. The van der Waals surface area contributed by atoms with Gasteiger partial charge in [0.25, 0.3) is 5.69 Å². The molecule has 6 nitrogen and oxygen atoms in total. The summed E-state index contributed by atoms with van der Waals surface area (Å²) in [5.74, 6) is -0.397. The van der Waals surface area contributed by atoms with Crippen LogP contribution in [0.15, 0.2) is 18.2 Å². The molecule has 18 heavy (non-hydrogen) atoms. The number of esters is 1. The molecule has 1 aromatic carbocycles. The van der Waals surface area contributed by atoms with Crippen LogP contribution in [-0.2, 0) is 9.53 Å². The number of nitro groups is 1. The Morgan fingerprint density at radius 3 is 2.72 bits per heavy atom. The Balaban J connectivity index is 2.75. The lowest BCUT2D eigenvalue weighted by Gasteiger charge is -2.12. The largest absolute Gasteiger partial charge is 0.492 e. The van der Waals surface area contributed by atoms with Gasteiger partial charge in [0.05, 0.1) is 24.0 Å². The van der Waals surface area contributed by atoms with Crippen molar-refractivity contribution in [1.29, 1.82) is 0 Å². The van der Waals surface area contributed by atoms with E-state index in [4.69, 9.17) is 4.74 Å². The summed E-state index contributed by atoms with van der Waals surface area (Å²) in [6.07, 6.45) is 0. The fourth-order valence-corrected chi connectivity index (χ4v) is 1.34. The maximum atomic E-state index is 11.2. The zero-order valence-corrected chi connectivity index (χ0v) is 10.5. The van der Waals surface area contributed by atoms with E-state index >= 15 is 0 Å². The third-order valence-corrected chi connectivity index (χ3v) is 2.47. The van der Waals surface area contributed by atoms with Gasteiger partial charge in [0.15, 0.2) is 0 Å². The molecular formula is C12H15NO5. The number of hydrogen-bond acceptors (Lipinski definition) is 5. The van der Waals surface area contributed by atoms with E-state index in [1.807, 2.05) is 0 Å². The highest BCUT2D eigenvalue weighted by Gasteiger charge is 2.15. The first-order valence-electron chi connectivity index (χ1n) is 5.41. The minimum absolute atomic E-state index is 0.0404. The fourth-order valence-electron chi connectivity index (χ4n) is 1.34. The van der Waals surface area contributed by atoms with Crippen molar-refractivity contribution in [2.45, 2.75) is 13.8 Å². The summed E-state index contributed by atoms with van der Waals surface area (Å²) in [7, 11) is 1.30. The maximum Gasteiger partial charge on any atom is 0.311 e. The Kier molecular flexibility index (Phi) is 4.65. The van der Waals surface area contributed by atoms with Gasteiger partial charge >= 0.3 is 5.97 Å². The molecule has 1 atom stereocenters. The predicted octanol–water partition coefficient (Wildman–Crippen LogP) is 2.09. The van der Waals surface area contributed by atoms with E-state index in [1.54, 1.807) is 19.9 Å². The molecule has 0 aliphatic carbocycles. The zero-order valence-electron chi connectivity index (χ0n) is 10.5. The average molecular weight is 253 g/mol. The smallest absolute Gasteiger partial charge is 0.311 e. The number of carbonyl (C=O) groups excluding carboxylic acids is 1. The van der Waals surface area contributed by atoms with Crippen LogP contribution < -0.4 is 4.74 Å². The van der Waals surface area contributed by atoms with E-state index in [0.29, 0.717) is 5.75 Å². The van der Waals surface area contributed by atoms with Crippen molar-refractivity contribution in [3.8, 4) is 5.75 Å². The van der Waals surface area contributed by atoms with Crippen LogP contribution in [0.3, 0.4) is 0 Å². The first-order valence-corrected chi connectivity index (χ1v) is 5.41. The van der Waals surface area contributed by atoms with Crippen LogP contribution >= 0.6 is 0 Å². The second-order valence-electron chi connectivity index (χ2n) is 3.94. The Morgan fingerprint density at radius 2 is 2.17 bits per heavy atom. The molecule has 0 spiro atoms. The fraction of sp³-hybridized carbons (Fsp3) is 0.417. The number of methoxy groups -OCH3 is 1. The van der Waals surface area contributed by atoms with Gasteiger partial charge in [-0.25, -0.2) is 0 Å². The molecule has 0 aliphatic rings. The second-order valence-corrected chi connectivity index (χ2v) is 3.94. The van der Waals surface area contributed by atoms with Gasteiger partial charge in [-0.1, -0.05) is 0 Å². The van der Waals surface area contributed by atoms with Crippen LogP contribution in [0.2, 0.25) is 0 Å². The summed E-state index contributed by atoms with van der Waals surface area (Å²) >= 11 is 0. The van der Waals surface area contributed by atoms with Gasteiger partial charge in [0.2, 0.25) is 0 Å². The van der Waals surface area contributed by atoms with Crippen LogP contribution in [-0.4, -0.2) is 24.6 Å². The number of non-ortho nitro benzene ring substituents is 1. The molecule has 0 heterocycles. The highest BCUT2D eigenvalue weighted by atomic mass is 16.6. The lowest BCUT2D eigenvalue weighted by molar-refractivity contribution is -0.384. The van der Waals surface area contributed by atoms with Crippen molar-refractivity contribution >= 4 is 11.7 Å². The van der Waals surface area contributed by atoms with E-state index in [9.17, 15) is 14.9 Å². The molecule has 0 aliphatic heterocycles. The van der Waals surface area contributed by atoms with Gasteiger partial charge in [-0.3, -0.25) is 14.9 Å². The number of nitrogens with zero attached hydrogens (tertiary/aromatic N) is 1. The van der Waals surface area contributed by atoms with E-state index in [-0.39, 0.29) is 18.3 Å². The van der Waals surface area contributed by atoms with Gasteiger partial charge in [0, 0.05) is 6.07 Å². The third kappa shape index (κ3) is 3.44. The van der Waals surface area contributed by atoms with Crippen molar-refractivity contribution in [3.63, 3.8) is 0 Å². The number of hydrogen-bond donors (Lipinski definition) is 0. The van der Waals surface area contributed by atoms with Crippen molar-refractivity contribution < 1.29 is 19.2 Å². The Morgan fingerprint density at radius 1 is 1.50 bits per heavy atom. The second kappa shape index (κ2) is 6.00. The molecule has 0 amide bonds. The molecule has 98 valence electrons. The highest BCUT2D eigenvalue weighted by Crippen LogP contribution is 2.24. The average Bonchev–Trinajstić information content (AvgIpc) is 2.36. The monoisotopic (exact) mass is 253 g/mol. The maximum absolute atomic E-state index is 11.2. The van der Waals surface area contributed by atoms with Crippen molar-refractivity contribution in [3.05, 3.63) is 33.9 Å². The quantitative estimate of drug-likeness (QED) is 0.456. The molecule has 1 aromatic rings. The van der Waals surface area contributed by atoms with Gasteiger partial charge in [-0.2, -0.15) is 0 Å². The van der Waals surface area contributed by atoms with Crippen molar-refractivity contribution in [2.24, 2.45) is 5.92 Å². The van der Waals surface area contributed by atoms with Crippen LogP contribution in [0.1, 0.15) is 12.5 Å². The molecular weight excluding hydrogens is 238 g/mol. The number of rotatable bonds is 5. The summed E-state index contributed by atoms with van der Waals surface area (Å²) in [6, 6.07) is 4.36. The summed E-state index contributed by atoms with van der Waals surface area (Å²) in [4.78, 5) is 21.3.